The molecule has 2 rings (SSSR count). The molecule has 1 heterocycles. The molecule has 1 aliphatic rings. The van der Waals surface area contributed by atoms with Crippen molar-refractivity contribution >= 4 is 21.6 Å². The lowest BCUT2D eigenvalue weighted by Crippen LogP contribution is -2.57. The Kier molecular flexibility index (Phi) is 4.47. The van der Waals surface area contributed by atoms with Crippen LogP contribution in [0.2, 0.25) is 0 Å². The van der Waals surface area contributed by atoms with E-state index in [0.29, 0.717) is 0 Å². The maximum atomic E-state index is 6.17. The molecular formula is C16H25BrN2O. The van der Waals surface area contributed by atoms with Crippen LogP contribution < -0.4 is 10.2 Å². The second-order valence-electron chi connectivity index (χ2n) is 6.78. The third-order valence-electron chi connectivity index (χ3n) is 3.45. The van der Waals surface area contributed by atoms with Crippen LogP contribution in [0.4, 0.5) is 5.69 Å². The second-order valence-corrected chi connectivity index (χ2v) is 7.70. The normalized spacial score (nSPS) is 21.0. The summed E-state index contributed by atoms with van der Waals surface area (Å²) in [5.41, 5.74) is 2.35. The lowest BCUT2D eigenvalue weighted by molar-refractivity contribution is -0.133. The van der Waals surface area contributed by atoms with Gasteiger partial charge in [0.1, 0.15) is 0 Å². The van der Waals surface area contributed by atoms with E-state index in [1.165, 1.54) is 11.3 Å². The van der Waals surface area contributed by atoms with Crippen LogP contribution in [-0.2, 0) is 11.3 Å². The van der Waals surface area contributed by atoms with Crippen molar-refractivity contribution in [2.24, 2.45) is 0 Å². The number of rotatable bonds is 3. The maximum Gasteiger partial charge on any atom is 0.0808 e. The minimum atomic E-state index is -0.133. The zero-order valence-electron chi connectivity index (χ0n) is 13.1. The number of benzene rings is 1. The number of hydrogen-bond acceptors (Lipinski definition) is 3. The van der Waals surface area contributed by atoms with Crippen molar-refractivity contribution in [1.82, 2.24) is 5.32 Å². The number of nitrogens with one attached hydrogen (secondary N) is 1. The number of ether oxygens (including phenoxy) is 1. The zero-order chi connectivity index (χ0) is 15.0. The van der Waals surface area contributed by atoms with E-state index in [4.69, 9.17) is 4.74 Å². The van der Waals surface area contributed by atoms with E-state index < -0.39 is 0 Å². The van der Waals surface area contributed by atoms with Gasteiger partial charge in [-0.3, -0.25) is 0 Å². The molecule has 0 atom stereocenters. The van der Waals surface area contributed by atoms with Crippen molar-refractivity contribution in [3.05, 3.63) is 28.2 Å². The Balaban J connectivity index is 2.35. The molecule has 0 unspecified atom stereocenters. The van der Waals surface area contributed by atoms with Gasteiger partial charge in [-0.1, -0.05) is 15.9 Å². The number of hydrogen-bond donors (Lipinski definition) is 1. The van der Waals surface area contributed by atoms with Gasteiger partial charge in [0, 0.05) is 29.8 Å². The zero-order valence-corrected chi connectivity index (χ0v) is 14.7. The topological polar surface area (TPSA) is 24.5 Å². The molecule has 1 aromatic rings. The predicted octanol–water partition coefficient (Wildman–Crippen LogP) is 3.56. The van der Waals surface area contributed by atoms with Crippen LogP contribution >= 0.6 is 15.9 Å². The van der Waals surface area contributed by atoms with Crippen LogP contribution in [0, 0.1) is 0 Å². The first kappa shape index (κ1) is 15.8. The van der Waals surface area contributed by atoms with E-state index in [0.717, 1.165) is 24.1 Å². The Morgan fingerprint density at radius 1 is 1.20 bits per heavy atom. The first-order valence-corrected chi connectivity index (χ1v) is 7.90. The smallest absolute Gasteiger partial charge is 0.0808 e. The van der Waals surface area contributed by atoms with E-state index in [1.54, 1.807) is 0 Å². The molecule has 0 saturated carbocycles. The van der Waals surface area contributed by atoms with Gasteiger partial charge in [0.2, 0.25) is 0 Å². The highest BCUT2D eigenvalue weighted by Gasteiger charge is 2.38. The average molecular weight is 341 g/mol. The molecule has 1 saturated heterocycles. The third-order valence-corrected chi connectivity index (χ3v) is 3.94. The molecule has 0 spiro atoms. The molecule has 0 bridgehead atoms. The minimum Gasteiger partial charge on any atom is -0.366 e. The Hall–Kier alpha value is -0.580. The Bertz CT molecular complexity index is 469. The molecule has 0 amide bonds. The van der Waals surface area contributed by atoms with Crippen LogP contribution in [-0.4, -0.2) is 31.3 Å². The van der Waals surface area contributed by atoms with Gasteiger partial charge >= 0.3 is 0 Å². The highest BCUT2D eigenvalue weighted by molar-refractivity contribution is 9.10. The summed E-state index contributed by atoms with van der Waals surface area (Å²) in [5.74, 6) is 0. The molecule has 1 aliphatic heterocycles. The van der Waals surface area contributed by atoms with E-state index in [2.05, 4.69) is 72.0 Å². The van der Waals surface area contributed by atoms with Crippen molar-refractivity contribution in [1.29, 1.82) is 0 Å². The van der Waals surface area contributed by atoms with E-state index in [-0.39, 0.29) is 11.2 Å². The standard InChI is InChI=1S/C16H25BrN2O/c1-15(2)10-19(11-16(3,4)20-15)14-7-6-13(17)8-12(14)9-18-5/h6-8,18H,9-11H2,1-5H3. The van der Waals surface area contributed by atoms with Crippen molar-refractivity contribution in [2.45, 2.75) is 45.4 Å². The largest absolute Gasteiger partial charge is 0.366 e. The van der Waals surface area contributed by atoms with Gasteiger partial charge in [0.15, 0.2) is 0 Å². The maximum absolute atomic E-state index is 6.17. The molecule has 20 heavy (non-hydrogen) atoms. The van der Waals surface area contributed by atoms with E-state index in [1.807, 2.05) is 7.05 Å². The summed E-state index contributed by atoms with van der Waals surface area (Å²) in [7, 11) is 1.98. The summed E-state index contributed by atoms with van der Waals surface area (Å²) >= 11 is 3.56. The Morgan fingerprint density at radius 3 is 2.35 bits per heavy atom. The number of halogens is 1. The van der Waals surface area contributed by atoms with Gasteiger partial charge in [0.25, 0.3) is 0 Å². The first-order chi connectivity index (χ1) is 9.22. The predicted molar refractivity (Wildman–Crippen MR) is 88.4 cm³/mol. The molecule has 4 heteroatoms. The fraction of sp³-hybridized carbons (Fsp3) is 0.625. The molecule has 0 aromatic heterocycles. The van der Waals surface area contributed by atoms with Gasteiger partial charge < -0.3 is 15.0 Å². The molecule has 0 aliphatic carbocycles. The lowest BCUT2D eigenvalue weighted by atomic mass is 9.97. The van der Waals surface area contributed by atoms with Gasteiger partial charge in [0.05, 0.1) is 11.2 Å². The van der Waals surface area contributed by atoms with Gasteiger partial charge in [-0.2, -0.15) is 0 Å². The summed E-state index contributed by atoms with van der Waals surface area (Å²) in [6.45, 7) is 11.3. The fourth-order valence-corrected chi connectivity index (χ4v) is 3.56. The molecule has 112 valence electrons. The molecule has 1 fully saturated rings. The first-order valence-electron chi connectivity index (χ1n) is 7.11. The molecular weight excluding hydrogens is 316 g/mol. The quantitative estimate of drug-likeness (QED) is 0.910. The van der Waals surface area contributed by atoms with Crippen LogP contribution in [0.15, 0.2) is 22.7 Å². The summed E-state index contributed by atoms with van der Waals surface area (Å²) < 4.78 is 7.29. The van der Waals surface area contributed by atoms with Gasteiger partial charge in [-0.25, -0.2) is 0 Å². The van der Waals surface area contributed by atoms with Crippen LogP contribution in [0.3, 0.4) is 0 Å². The molecule has 1 N–H and O–H groups in total. The van der Waals surface area contributed by atoms with Crippen LogP contribution in [0.1, 0.15) is 33.3 Å². The SMILES string of the molecule is CNCc1cc(Br)ccc1N1CC(C)(C)OC(C)(C)C1. The monoisotopic (exact) mass is 340 g/mol. The summed E-state index contributed by atoms with van der Waals surface area (Å²) in [6.07, 6.45) is 0. The second kappa shape index (κ2) is 5.66. The average Bonchev–Trinajstić information content (AvgIpc) is 2.25. The summed E-state index contributed by atoms with van der Waals surface area (Å²) in [5, 5.41) is 3.25. The lowest BCUT2D eigenvalue weighted by Gasteiger charge is -2.48. The highest BCUT2D eigenvalue weighted by Crippen LogP contribution is 2.34. The summed E-state index contributed by atoms with van der Waals surface area (Å²) in [4.78, 5) is 2.45. The Labute approximate surface area is 130 Å². The van der Waals surface area contributed by atoms with E-state index in [9.17, 15) is 0 Å². The fourth-order valence-electron chi connectivity index (χ4n) is 3.15. The van der Waals surface area contributed by atoms with Crippen molar-refractivity contribution < 1.29 is 4.74 Å². The highest BCUT2D eigenvalue weighted by atomic mass is 79.9. The van der Waals surface area contributed by atoms with Crippen LogP contribution in [0.5, 0.6) is 0 Å². The number of nitrogens with zero attached hydrogens (tertiary/aromatic N) is 1. The van der Waals surface area contributed by atoms with Crippen molar-refractivity contribution in [3.8, 4) is 0 Å². The van der Waals surface area contributed by atoms with E-state index >= 15 is 0 Å². The Morgan fingerprint density at radius 2 is 1.80 bits per heavy atom. The van der Waals surface area contributed by atoms with Gasteiger partial charge in [-0.05, 0) is 58.5 Å². The van der Waals surface area contributed by atoms with Gasteiger partial charge in [-0.15, -0.1) is 0 Å². The minimum absolute atomic E-state index is 0.133. The van der Waals surface area contributed by atoms with Crippen LogP contribution in [0.25, 0.3) is 0 Å². The number of anilines is 1. The van der Waals surface area contributed by atoms with Crippen molar-refractivity contribution in [2.75, 3.05) is 25.0 Å². The van der Waals surface area contributed by atoms with Crippen molar-refractivity contribution in [3.63, 3.8) is 0 Å². The number of morpholine rings is 1. The molecule has 1 aromatic carbocycles. The third kappa shape index (κ3) is 3.74. The summed E-state index contributed by atoms with van der Waals surface area (Å²) in [6, 6.07) is 6.51. The molecule has 3 nitrogen and oxygen atoms in total. The molecule has 0 radical (unpaired) electrons.